The smallest absolute Gasteiger partial charge is 0.245 e. The summed E-state index contributed by atoms with van der Waals surface area (Å²) in [5.74, 6) is 5.03. The highest BCUT2D eigenvalue weighted by atomic mass is 16.2. The maximum absolute atomic E-state index is 10.7. The van der Waals surface area contributed by atoms with Crippen molar-refractivity contribution >= 4 is 12.2 Å². The lowest BCUT2D eigenvalue weighted by Gasteiger charge is -2.05. The lowest BCUT2D eigenvalue weighted by Crippen LogP contribution is -2.34. The first kappa shape index (κ1) is 5.97. The zero-order valence-electron chi connectivity index (χ0n) is 4.82. The SMILES string of the molecule is NN1C=NC=CCC1=O. The second-order valence-corrected chi connectivity index (χ2v) is 1.65. The number of hydrogen-bond donors (Lipinski definition) is 1. The molecule has 2 N–H and O–H groups in total. The second kappa shape index (κ2) is 2.41. The third-order valence-corrected chi connectivity index (χ3v) is 0.963. The summed E-state index contributed by atoms with van der Waals surface area (Å²) in [6.07, 6.45) is 4.82. The molecule has 0 spiro atoms. The Balaban J connectivity index is 2.69. The van der Waals surface area contributed by atoms with Gasteiger partial charge in [0.1, 0.15) is 6.34 Å². The number of carbonyl (C=O) groups excluding carboxylic acids is 1. The Morgan fingerprint density at radius 3 is 3.33 bits per heavy atom. The molecule has 0 radical (unpaired) electrons. The Morgan fingerprint density at radius 2 is 2.56 bits per heavy atom. The summed E-state index contributed by atoms with van der Waals surface area (Å²) in [5, 5.41) is 0.972. The monoisotopic (exact) mass is 125 g/mol. The van der Waals surface area contributed by atoms with Gasteiger partial charge in [-0.25, -0.2) is 15.8 Å². The van der Waals surface area contributed by atoms with Crippen molar-refractivity contribution in [1.82, 2.24) is 5.01 Å². The number of amides is 1. The molecule has 48 valence electrons. The van der Waals surface area contributed by atoms with E-state index in [4.69, 9.17) is 5.84 Å². The molecule has 1 aliphatic rings. The summed E-state index contributed by atoms with van der Waals surface area (Å²) in [6, 6.07) is 0. The van der Waals surface area contributed by atoms with E-state index >= 15 is 0 Å². The van der Waals surface area contributed by atoms with Crippen molar-refractivity contribution in [3.8, 4) is 0 Å². The minimum Gasteiger partial charge on any atom is -0.273 e. The molecule has 9 heavy (non-hydrogen) atoms. The van der Waals surface area contributed by atoms with E-state index in [0.29, 0.717) is 6.42 Å². The van der Waals surface area contributed by atoms with Gasteiger partial charge in [-0.15, -0.1) is 0 Å². The molecule has 0 aromatic rings. The molecule has 1 rings (SSSR count). The molecule has 0 saturated carbocycles. The number of carbonyl (C=O) groups is 1. The van der Waals surface area contributed by atoms with Gasteiger partial charge in [0, 0.05) is 12.6 Å². The minimum absolute atomic E-state index is 0.146. The molecule has 0 aromatic heterocycles. The van der Waals surface area contributed by atoms with Crippen molar-refractivity contribution in [2.75, 3.05) is 0 Å². The molecule has 0 aliphatic carbocycles. The van der Waals surface area contributed by atoms with Crippen molar-refractivity contribution < 1.29 is 4.79 Å². The second-order valence-electron chi connectivity index (χ2n) is 1.65. The molecule has 1 amide bonds. The molecule has 0 bridgehead atoms. The van der Waals surface area contributed by atoms with Crippen LogP contribution < -0.4 is 5.84 Å². The van der Waals surface area contributed by atoms with Crippen molar-refractivity contribution in [3.05, 3.63) is 12.3 Å². The number of aliphatic imine (C=N–C) groups is 1. The quantitative estimate of drug-likeness (QED) is 0.355. The third-order valence-electron chi connectivity index (χ3n) is 0.963. The van der Waals surface area contributed by atoms with E-state index in [0.717, 1.165) is 5.01 Å². The fourth-order valence-corrected chi connectivity index (χ4v) is 0.494. The van der Waals surface area contributed by atoms with Crippen LogP contribution in [0.25, 0.3) is 0 Å². The molecule has 0 aromatic carbocycles. The van der Waals surface area contributed by atoms with Crippen LogP contribution in [0.1, 0.15) is 6.42 Å². The van der Waals surface area contributed by atoms with Crippen LogP contribution in [0.5, 0.6) is 0 Å². The Bertz CT molecular complexity index is 173. The summed E-state index contributed by atoms with van der Waals surface area (Å²) >= 11 is 0. The molecule has 0 saturated heterocycles. The van der Waals surface area contributed by atoms with Crippen molar-refractivity contribution in [1.29, 1.82) is 0 Å². The average molecular weight is 125 g/mol. The predicted molar refractivity (Wildman–Crippen MR) is 33.3 cm³/mol. The standard InChI is InChI=1S/C5H7N3O/c6-8-4-7-3-1-2-5(8)9/h1,3-4H,2,6H2. The van der Waals surface area contributed by atoms with Crippen LogP contribution in [-0.4, -0.2) is 17.3 Å². The summed E-state index contributed by atoms with van der Waals surface area (Å²) in [5.41, 5.74) is 0. The zero-order valence-corrected chi connectivity index (χ0v) is 4.82. The van der Waals surface area contributed by atoms with Gasteiger partial charge in [-0.3, -0.25) is 4.79 Å². The van der Waals surface area contributed by atoms with E-state index in [1.165, 1.54) is 6.34 Å². The van der Waals surface area contributed by atoms with E-state index in [9.17, 15) is 4.79 Å². The molecular formula is C5H7N3O. The van der Waals surface area contributed by atoms with Gasteiger partial charge in [0.05, 0.1) is 0 Å². The highest BCUT2D eigenvalue weighted by Gasteiger charge is 2.04. The summed E-state index contributed by atoms with van der Waals surface area (Å²) < 4.78 is 0. The number of hydrazine groups is 1. The molecule has 4 nitrogen and oxygen atoms in total. The minimum atomic E-state index is -0.146. The highest BCUT2D eigenvalue weighted by Crippen LogP contribution is 1.92. The molecule has 0 atom stereocenters. The predicted octanol–water partition coefficient (Wildman–Crippen LogP) is -0.366. The van der Waals surface area contributed by atoms with Gasteiger partial charge in [0.2, 0.25) is 5.91 Å². The normalized spacial score (nSPS) is 18.3. The Kier molecular flexibility index (Phi) is 1.60. The first-order chi connectivity index (χ1) is 4.30. The lowest BCUT2D eigenvalue weighted by molar-refractivity contribution is -0.126. The Labute approximate surface area is 52.6 Å². The molecule has 0 unspecified atom stereocenters. The van der Waals surface area contributed by atoms with Crippen molar-refractivity contribution in [3.63, 3.8) is 0 Å². The molecule has 1 heterocycles. The number of rotatable bonds is 0. The lowest BCUT2D eigenvalue weighted by atomic mass is 10.4. The fourth-order valence-electron chi connectivity index (χ4n) is 0.494. The average Bonchev–Trinajstić information content (AvgIpc) is 1.99. The van der Waals surface area contributed by atoms with E-state index in [1.807, 2.05) is 0 Å². The molecule has 4 heteroatoms. The van der Waals surface area contributed by atoms with Gasteiger partial charge in [-0.1, -0.05) is 6.08 Å². The third kappa shape index (κ3) is 1.36. The topological polar surface area (TPSA) is 58.7 Å². The number of nitrogens with zero attached hydrogens (tertiary/aromatic N) is 2. The van der Waals surface area contributed by atoms with Crippen LogP contribution in [0.4, 0.5) is 0 Å². The van der Waals surface area contributed by atoms with E-state index in [-0.39, 0.29) is 5.91 Å². The highest BCUT2D eigenvalue weighted by molar-refractivity contribution is 5.88. The first-order valence-corrected chi connectivity index (χ1v) is 2.56. The largest absolute Gasteiger partial charge is 0.273 e. The van der Waals surface area contributed by atoms with Crippen LogP contribution in [0, 0.1) is 0 Å². The van der Waals surface area contributed by atoms with Crippen LogP contribution in [0.3, 0.4) is 0 Å². The summed E-state index contributed by atoms with van der Waals surface area (Å²) in [6.45, 7) is 0. The maximum Gasteiger partial charge on any atom is 0.245 e. The zero-order chi connectivity index (χ0) is 6.69. The summed E-state index contributed by atoms with van der Waals surface area (Å²) in [4.78, 5) is 14.3. The van der Waals surface area contributed by atoms with E-state index in [2.05, 4.69) is 4.99 Å². The first-order valence-electron chi connectivity index (χ1n) is 2.56. The van der Waals surface area contributed by atoms with Crippen LogP contribution in [0.15, 0.2) is 17.3 Å². The fraction of sp³-hybridized carbons (Fsp3) is 0.200. The van der Waals surface area contributed by atoms with Gasteiger partial charge in [0.15, 0.2) is 0 Å². The Morgan fingerprint density at radius 1 is 1.78 bits per heavy atom. The van der Waals surface area contributed by atoms with Crippen molar-refractivity contribution in [2.45, 2.75) is 6.42 Å². The Hall–Kier alpha value is -1.16. The van der Waals surface area contributed by atoms with E-state index in [1.54, 1.807) is 12.3 Å². The van der Waals surface area contributed by atoms with Gasteiger partial charge < -0.3 is 0 Å². The van der Waals surface area contributed by atoms with Gasteiger partial charge in [-0.2, -0.15) is 0 Å². The van der Waals surface area contributed by atoms with Crippen LogP contribution >= 0.6 is 0 Å². The van der Waals surface area contributed by atoms with Crippen LogP contribution in [-0.2, 0) is 4.79 Å². The maximum atomic E-state index is 10.7. The van der Waals surface area contributed by atoms with Gasteiger partial charge in [0.25, 0.3) is 0 Å². The number of nitrogens with two attached hydrogens (primary N) is 1. The van der Waals surface area contributed by atoms with E-state index < -0.39 is 0 Å². The molecule has 1 aliphatic heterocycles. The van der Waals surface area contributed by atoms with Gasteiger partial charge in [-0.05, 0) is 0 Å². The number of hydrogen-bond acceptors (Lipinski definition) is 3. The van der Waals surface area contributed by atoms with Gasteiger partial charge >= 0.3 is 0 Å². The molecular weight excluding hydrogens is 118 g/mol. The molecule has 0 fully saturated rings. The van der Waals surface area contributed by atoms with Crippen LogP contribution in [0.2, 0.25) is 0 Å². The van der Waals surface area contributed by atoms with Crippen molar-refractivity contribution in [2.24, 2.45) is 10.8 Å². The summed E-state index contributed by atoms with van der Waals surface area (Å²) in [7, 11) is 0.